The smallest absolute Gasteiger partial charge is 0.140 e. The molecule has 2 unspecified atom stereocenters. The van der Waals surface area contributed by atoms with Gasteiger partial charge >= 0.3 is 0 Å². The van der Waals surface area contributed by atoms with Gasteiger partial charge in [0.05, 0.1) is 7.11 Å². The van der Waals surface area contributed by atoms with Gasteiger partial charge in [0.1, 0.15) is 11.5 Å². The van der Waals surface area contributed by atoms with E-state index < -0.39 is 0 Å². The Morgan fingerprint density at radius 2 is 2.21 bits per heavy atom. The van der Waals surface area contributed by atoms with Gasteiger partial charge in [-0.3, -0.25) is 4.79 Å². The molecule has 1 aliphatic carbocycles. The Balaban J connectivity index is 2.07. The van der Waals surface area contributed by atoms with Crippen molar-refractivity contribution >= 4 is 17.4 Å². The lowest BCUT2D eigenvalue weighted by atomic mass is 9.79. The third-order valence-corrected chi connectivity index (χ3v) is 4.23. The molecule has 2 rings (SSSR count). The van der Waals surface area contributed by atoms with E-state index in [4.69, 9.17) is 16.3 Å². The highest BCUT2D eigenvalue weighted by Gasteiger charge is 2.25. The zero-order valence-corrected chi connectivity index (χ0v) is 12.4. The van der Waals surface area contributed by atoms with E-state index in [2.05, 4.69) is 6.92 Å². The second kappa shape index (κ2) is 6.42. The lowest BCUT2D eigenvalue weighted by molar-refractivity contribution is -0.123. The van der Waals surface area contributed by atoms with Crippen molar-refractivity contribution in [1.82, 2.24) is 0 Å². The Morgan fingerprint density at radius 1 is 1.42 bits per heavy atom. The number of rotatable bonds is 4. The number of hydrogen-bond donors (Lipinski definition) is 0. The van der Waals surface area contributed by atoms with Crippen LogP contribution in [0, 0.1) is 11.8 Å². The average Bonchev–Trinajstić information content (AvgIpc) is 2.39. The maximum absolute atomic E-state index is 12.4. The number of ketones is 1. The van der Waals surface area contributed by atoms with E-state index in [0.717, 1.165) is 24.2 Å². The Morgan fingerprint density at radius 3 is 2.89 bits per heavy atom. The summed E-state index contributed by atoms with van der Waals surface area (Å²) in [4.78, 5) is 12.4. The van der Waals surface area contributed by atoms with Crippen molar-refractivity contribution in [3.8, 4) is 5.75 Å². The van der Waals surface area contributed by atoms with E-state index in [9.17, 15) is 4.79 Å². The van der Waals surface area contributed by atoms with Gasteiger partial charge in [0.2, 0.25) is 0 Å². The molecule has 0 spiro atoms. The molecule has 0 radical (unpaired) electrons. The lowest BCUT2D eigenvalue weighted by Gasteiger charge is -2.25. The van der Waals surface area contributed by atoms with Crippen molar-refractivity contribution in [2.24, 2.45) is 11.8 Å². The van der Waals surface area contributed by atoms with Gasteiger partial charge in [0, 0.05) is 22.9 Å². The minimum Gasteiger partial charge on any atom is -0.496 e. The van der Waals surface area contributed by atoms with Gasteiger partial charge in [-0.25, -0.2) is 0 Å². The molecule has 104 valence electrons. The highest BCUT2D eigenvalue weighted by Crippen LogP contribution is 2.31. The highest BCUT2D eigenvalue weighted by molar-refractivity contribution is 6.30. The summed E-state index contributed by atoms with van der Waals surface area (Å²) in [6.45, 7) is 2.24. The quantitative estimate of drug-likeness (QED) is 0.822. The number of hydrogen-bond acceptors (Lipinski definition) is 2. The van der Waals surface area contributed by atoms with Crippen molar-refractivity contribution < 1.29 is 9.53 Å². The van der Waals surface area contributed by atoms with E-state index in [0.29, 0.717) is 23.1 Å². The van der Waals surface area contributed by atoms with Crippen LogP contribution in [-0.2, 0) is 11.2 Å². The Kier molecular flexibility index (Phi) is 4.87. The van der Waals surface area contributed by atoms with Crippen molar-refractivity contribution in [1.29, 1.82) is 0 Å². The Hall–Kier alpha value is -1.02. The van der Waals surface area contributed by atoms with Crippen LogP contribution in [0.15, 0.2) is 18.2 Å². The molecule has 3 heteroatoms. The molecule has 1 aromatic rings. The molecule has 0 saturated heterocycles. The van der Waals surface area contributed by atoms with Crippen LogP contribution in [0.1, 0.15) is 38.2 Å². The van der Waals surface area contributed by atoms with Gasteiger partial charge in [-0.05, 0) is 37.0 Å². The Labute approximate surface area is 120 Å². The standard InChI is InChI=1S/C16H21ClO2/c1-11-4-3-5-12(8-11)15(18)10-13-9-14(17)6-7-16(13)19-2/h6-7,9,11-12H,3-5,8,10H2,1-2H3. The van der Waals surface area contributed by atoms with E-state index in [1.165, 1.54) is 12.8 Å². The normalized spacial score (nSPS) is 23.1. The van der Waals surface area contributed by atoms with Crippen molar-refractivity contribution in [2.45, 2.75) is 39.0 Å². The molecule has 19 heavy (non-hydrogen) atoms. The molecule has 0 N–H and O–H groups in total. The number of methoxy groups -OCH3 is 1. The minimum atomic E-state index is 0.215. The molecular weight excluding hydrogens is 260 g/mol. The summed E-state index contributed by atoms with van der Waals surface area (Å²) < 4.78 is 5.30. The minimum absolute atomic E-state index is 0.215. The lowest BCUT2D eigenvalue weighted by Crippen LogP contribution is -2.23. The number of Topliss-reactive ketones (excluding diaryl/α,β-unsaturated/α-hetero) is 1. The first kappa shape index (κ1) is 14.4. The zero-order valence-electron chi connectivity index (χ0n) is 11.6. The number of benzene rings is 1. The monoisotopic (exact) mass is 280 g/mol. The molecule has 1 aromatic carbocycles. The topological polar surface area (TPSA) is 26.3 Å². The fourth-order valence-corrected chi connectivity index (χ4v) is 3.14. The number of halogens is 1. The van der Waals surface area contributed by atoms with E-state index in [1.54, 1.807) is 13.2 Å². The van der Waals surface area contributed by atoms with Gasteiger partial charge in [0.25, 0.3) is 0 Å². The molecular formula is C16H21ClO2. The van der Waals surface area contributed by atoms with Crippen LogP contribution in [0.5, 0.6) is 5.75 Å². The van der Waals surface area contributed by atoms with Crippen LogP contribution in [0.2, 0.25) is 5.02 Å². The third kappa shape index (κ3) is 3.73. The number of carbonyl (C=O) groups is 1. The highest BCUT2D eigenvalue weighted by atomic mass is 35.5. The predicted octanol–water partition coefficient (Wildman–Crippen LogP) is 4.29. The molecule has 1 aliphatic rings. The third-order valence-electron chi connectivity index (χ3n) is 4.00. The molecule has 2 atom stereocenters. The fourth-order valence-electron chi connectivity index (χ4n) is 2.94. The van der Waals surface area contributed by atoms with Crippen LogP contribution in [0.3, 0.4) is 0 Å². The van der Waals surface area contributed by atoms with Crippen LogP contribution in [0.4, 0.5) is 0 Å². The summed E-state index contributed by atoms with van der Waals surface area (Å²) in [7, 11) is 1.62. The van der Waals surface area contributed by atoms with Gasteiger partial charge in [-0.15, -0.1) is 0 Å². The summed E-state index contributed by atoms with van der Waals surface area (Å²) in [5.41, 5.74) is 0.901. The molecule has 1 fully saturated rings. The maximum atomic E-state index is 12.4. The first-order valence-electron chi connectivity index (χ1n) is 6.95. The SMILES string of the molecule is COc1ccc(Cl)cc1CC(=O)C1CCCC(C)C1. The van der Waals surface area contributed by atoms with Crippen LogP contribution in [0.25, 0.3) is 0 Å². The predicted molar refractivity (Wildman–Crippen MR) is 77.8 cm³/mol. The van der Waals surface area contributed by atoms with Gasteiger partial charge in [-0.1, -0.05) is 31.4 Å². The van der Waals surface area contributed by atoms with Crippen molar-refractivity contribution in [3.63, 3.8) is 0 Å². The molecule has 1 saturated carbocycles. The summed E-state index contributed by atoms with van der Waals surface area (Å²) in [5.74, 6) is 1.96. The van der Waals surface area contributed by atoms with E-state index in [1.807, 2.05) is 12.1 Å². The van der Waals surface area contributed by atoms with E-state index >= 15 is 0 Å². The van der Waals surface area contributed by atoms with Crippen LogP contribution < -0.4 is 4.74 Å². The fraction of sp³-hybridized carbons (Fsp3) is 0.562. The van der Waals surface area contributed by atoms with Crippen molar-refractivity contribution in [3.05, 3.63) is 28.8 Å². The first-order chi connectivity index (χ1) is 9.10. The van der Waals surface area contributed by atoms with Gasteiger partial charge in [0.15, 0.2) is 0 Å². The average molecular weight is 281 g/mol. The summed E-state index contributed by atoms with van der Waals surface area (Å²) in [6, 6.07) is 5.45. The van der Waals surface area contributed by atoms with Crippen LogP contribution in [-0.4, -0.2) is 12.9 Å². The summed E-state index contributed by atoms with van der Waals surface area (Å²) in [5, 5.41) is 0.653. The largest absolute Gasteiger partial charge is 0.496 e. The Bertz CT molecular complexity index is 456. The van der Waals surface area contributed by atoms with Gasteiger partial charge in [-0.2, -0.15) is 0 Å². The molecule has 0 aliphatic heterocycles. The first-order valence-corrected chi connectivity index (χ1v) is 7.33. The van der Waals surface area contributed by atoms with Crippen LogP contribution >= 0.6 is 11.6 Å². The molecule has 0 bridgehead atoms. The number of carbonyl (C=O) groups excluding carboxylic acids is 1. The van der Waals surface area contributed by atoms with Crippen molar-refractivity contribution in [2.75, 3.05) is 7.11 Å². The molecule has 0 aromatic heterocycles. The summed E-state index contributed by atoms with van der Waals surface area (Å²) in [6.07, 6.45) is 4.92. The second-order valence-electron chi connectivity index (χ2n) is 5.57. The summed E-state index contributed by atoms with van der Waals surface area (Å²) >= 11 is 6.00. The zero-order chi connectivity index (χ0) is 13.8. The molecule has 0 amide bonds. The molecule has 0 heterocycles. The van der Waals surface area contributed by atoms with Gasteiger partial charge < -0.3 is 4.74 Å². The second-order valence-corrected chi connectivity index (χ2v) is 6.00. The van der Waals surface area contributed by atoms with E-state index in [-0.39, 0.29) is 5.92 Å². The maximum Gasteiger partial charge on any atom is 0.140 e. The molecule has 2 nitrogen and oxygen atoms in total. The number of ether oxygens (including phenoxy) is 1.